The van der Waals surface area contributed by atoms with Crippen molar-refractivity contribution in [2.45, 2.75) is 13.3 Å². The van der Waals surface area contributed by atoms with Gasteiger partial charge in [-0.3, -0.25) is 4.79 Å². The van der Waals surface area contributed by atoms with E-state index >= 15 is 0 Å². The minimum Gasteiger partial charge on any atom is -0.492 e. The number of carbonyl (C=O) groups is 1. The van der Waals surface area contributed by atoms with Gasteiger partial charge in [-0.15, -0.1) is 0 Å². The zero-order chi connectivity index (χ0) is 15.8. The summed E-state index contributed by atoms with van der Waals surface area (Å²) in [7, 11) is 0. The van der Waals surface area contributed by atoms with Crippen LogP contribution in [0.4, 0.5) is 11.4 Å². The van der Waals surface area contributed by atoms with Crippen LogP contribution in [-0.4, -0.2) is 19.1 Å². The SMILES string of the molecule is CCOc1ccccc1NC(=O)CCNc1ccc(Cl)cc1. The van der Waals surface area contributed by atoms with E-state index in [0.29, 0.717) is 36.0 Å². The van der Waals surface area contributed by atoms with Gasteiger partial charge in [-0.1, -0.05) is 23.7 Å². The molecule has 0 fully saturated rings. The minimum absolute atomic E-state index is 0.0615. The Balaban J connectivity index is 1.82. The molecule has 0 aromatic heterocycles. The highest BCUT2D eigenvalue weighted by Crippen LogP contribution is 2.23. The molecule has 0 heterocycles. The molecule has 2 rings (SSSR count). The molecule has 5 heteroatoms. The molecule has 0 atom stereocenters. The lowest BCUT2D eigenvalue weighted by Gasteiger charge is -2.11. The first-order valence-corrected chi connectivity index (χ1v) is 7.58. The summed E-state index contributed by atoms with van der Waals surface area (Å²) in [4.78, 5) is 12.0. The normalized spacial score (nSPS) is 10.1. The molecule has 0 unspecified atom stereocenters. The molecule has 0 aliphatic rings. The number of para-hydroxylation sites is 2. The first kappa shape index (κ1) is 16.2. The van der Waals surface area contributed by atoms with E-state index in [2.05, 4.69) is 10.6 Å². The Morgan fingerprint density at radius 1 is 1.14 bits per heavy atom. The molecule has 0 saturated carbocycles. The maximum absolute atomic E-state index is 12.0. The highest BCUT2D eigenvalue weighted by molar-refractivity contribution is 6.30. The molecule has 116 valence electrons. The van der Waals surface area contributed by atoms with Gasteiger partial charge in [0.05, 0.1) is 12.3 Å². The van der Waals surface area contributed by atoms with Crippen LogP contribution in [0, 0.1) is 0 Å². The average Bonchev–Trinajstić information content (AvgIpc) is 2.51. The molecule has 0 aliphatic heterocycles. The highest BCUT2D eigenvalue weighted by Gasteiger charge is 2.07. The summed E-state index contributed by atoms with van der Waals surface area (Å²) in [6.07, 6.45) is 0.364. The molecule has 2 aromatic rings. The topological polar surface area (TPSA) is 50.4 Å². The first-order valence-electron chi connectivity index (χ1n) is 7.20. The lowest BCUT2D eigenvalue weighted by molar-refractivity contribution is -0.116. The summed E-state index contributed by atoms with van der Waals surface area (Å²) in [6, 6.07) is 14.8. The number of nitrogens with one attached hydrogen (secondary N) is 2. The van der Waals surface area contributed by atoms with Crippen molar-refractivity contribution in [3.8, 4) is 5.75 Å². The van der Waals surface area contributed by atoms with Gasteiger partial charge >= 0.3 is 0 Å². The number of ether oxygens (including phenoxy) is 1. The van der Waals surface area contributed by atoms with Crippen molar-refractivity contribution in [1.29, 1.82) is 0 Å². The zero-order valence-electron chi connectivity index (χ0n) is 12.4. The number of hydrogen-bond acceptors (Lipinski definition) is 3. The van der Waals surface area contributed by atoms with Gasteiger partial charge in [0, 0.05) is 23.7 Å². The van der Waals surface area contributed by atoms with Gasteiger partial charge in [-0.05, 0) is 43.3 Å². The van der Waals surface area contributed by atoms with Gasteiger partial charge in [-0.25, -0.2) is 0 Å². The van der Waals surface area contributed by atoms with E-state index in [0.717, 1.165) is 5.69 Å². The van der Waals surface area contributed by atoms with Gasteiger partial charge in [0.15, 0.2) is 0 Å². The quantitative estimate of drug-likeness (QED) is 0.805. The third-order valence-corrected chi connectivity index (χ3v) is 3.24. The van der Waals surface area contributed by atoms with Gasteiger partial charge in [0.2, 0.25) is 5.91 Å². The predicted octanol–water partition coefficient (Wildman–Crippen LogP) is 4.18. The predicted molar refractivity (Wildman–Crippen MR) is 90.8 cm³/mol. The summed E-state index contributed by atoms with van der Waals surface area (Å²) in [6.45, 7) is 3.02. The third kappa shape index (κ3) is 4.97. The van der Waals surface area contributed by atoms with Crippen molar-refractivity contribution in [2.75, 3.05) is 23.8 Å². The van der Waals surface area contributed by atoms with Crippen LogP contribution in [0.25, 0.3) is 0 Å². The largest absolute Gasteiger partial charge is 0.492 e. The Morgan fingerprint density at radius 2 is 1.86 bits per heavy atom. The Labute approximate surface area is 135 Å². The number of anilines is 2. The van der Waals surface area contributed by atoms with Crippen LogP contribution in [0.2, 0.25) is 5.02 Å². The summed E-state index contributed by atoms with van der Waals surface area (Å²) in [5.74, 6) is 0.623. The summed E-state index contributed by atoms with van der Waals surface area (Å²) in [5.41, 5.74) is 1.63. The fourth-order valence-corrected chi connectivity index (χ4v) is 2.08. The maximum atomic E-state index is 12.0. The Morgan fingerprint density at radius 3 is 2.59 bits per heavy atom. The molecule has 4 nitrogen and oxygen atoms in total. The molecule has 1 amide bonds. The van der Waals surface area contributed by atoms with Crippen LogP contribution >= 0.6 is 11.6 Å². The van der Waals surface area contributed by atoms with Gasteiger partial charge < -0.3 is 15.4 Å². The van der Waals surface area contributed by atoms with Gasteiger partial charge in [-0.2, -0.15) is 0 Å². The van der Waals surface area contributed by atoms with Crippen molar-refractivity contribution in [3.05, 3.63) is 53.6 Å². The van der Waals surface area contributed by atoms with Crippen molar-refractivity contribution >= 4 is 28.9 Å². The summed E-state index contributed by atoms with van der Waals surface area (Å²) < 4.78 is 5.48. The third-order valence-electron chi connectivity index (χ3n) is 2.99. The molecule has 0 saturated heterocycles. The van der Waals surface area contributed by atoms with Crippen LogP contribution in [0.1, 0.15) is 13.3 Å². The average molecular weight is 319 g/mol. The Hall–Kier alpha value is -2.20. The molecule has 22 heavy (non-hydrogen) atoms. The van der Waals surface area contributed by atoms with E-state index in [1.807, 2.05) is 55.5 Å². The lowest BCUT2D eigenvalue weighted by Crippen LogP contribution is -2.16. The number of halogens is 1. The Kier molecular flexibility index (Phi) is 6.10. The number of rotatable bonds is 7. The highest BCUT2D eigenvalue weighted by atomic mass is 35.5. The molecule has 0 bridgehead atoms. The fourth-order valence-electron chi connectivity index (χ4n) is 1.95. The summed E-state index contributed by atoms with van der Waals surface area (Å²) >= 11 is 5.82. The Bertz CT molecular complexity index is 614. The van der Waals surface area contributed by atoms with E-state index < -0.39 is 0 Å². The van der Waals surface area contributed by atoms with Crippen LogP contribution in [0.15, 0.2) is 48.5 Å². The lowest BCUT2D eigenvalue weighted by atomic mass is 10.2. The van der Waals surface area contributed by atoms with Crippen LogP contribution in [0.3, 0.4) is 0 Å². The second-order valence-electron chi connectivity index (χ2n) is 4.66. The second-order valence-corrected chi connectivity index (χ2v) is 5.10. The molecular weight excluding hydrogens is 300 g/mol. The molecule has 2 aromatic carbocycles. The molecule has 0 aliphatic carbocycles. The second kappa shape index (κ2) is 8.29. The fraction of sp³-hybridized carbons (Fsp3) is 0.235. The first-order chi connectivity index (χ1) is 10.7. The maximum Gasteiger partial charge on any atom is 0.226 e. The van der Waals surface area contributed by atoms with E-state index in [9.17, 15) is 4.79 Å². The standard InChI is InChI=1S/C17H19ClN2O2/c1-2-22-16-6-4-3-5-15(16)20-17(21)11-12-19-14-9-7-13(18)8-10-14/h3-10,19H,2,11-12H2,1H3,(H,20,21). The van der Waals surface area contributed by atoms with Gasteiger partial charge in [0.25, 0.3) is 0 Å². The number of amides is 1. The van der Waals surface area contributed by atoms with Crippen molar-refractivity contribution in [1.82, 2.24) is 0 Å². The van der Waals surface area contributed by atoms with Crippen LogP contribution in [0.5, 0.6) is 5.75 Å². The molecule has 2 N–H and O–H groups in total. The zero-order valence-corrected chi connectivity index (χ0v) is 13.2. The molecule has 0 spiro atoms. The smallest absolute Gasteiger partial charge is 0.226 e. The number of benzene rings is 2. The van der Waals surface area contributed by atoms with Gasteiger partial charge in [0.1, 0.15) is 5.75 Å². The van der Waals surface area contributed by atoms with E-state index in [1.54, 1.807) is 0 Å². The summed E-state index contributed by atoms with van der Waals surface area (Å²) in [5, 5.41) is 6.73. The van der Waals surface area contributed by atoms with Crippen molar-refractivity contribution < 1.29 is 9.53 Å². The van der Waals surface area contributed by atoms with Crippen molar-refractivity contribution in [3.63, 3.8) is 0 Å². The van der Waals surface area contributed by atoms with E-state index in [-0.39, 0.29) is 5.91 Å². The number of hydrogen-bond donors (Lipinski definition) is 2. The minimum atomic E-state index is -0.0615. The molecule has 0 radical (unpaired) electrons. The van der Waals surface area contributed by atoms with Crippen LogP contribution < -0.4 is 15.4 Å². The molecular formula is C17H19ClN2O2. The van der Waals surface area contributed by atoms with Crippen molar-refractivity contribution in [2.24, 2.45) is 0 Å². The monoisotopic (exact) mass is 318 g/mol. The van der Waals surface area contributed by atoms with E-state index in [1.165, 1.54) is 0 Å². The van der Waals surface area contributed by atoms with Crippen LogP contribution in [-0.2, 0) is 4.79 Å². The number of carbonyl (C=O) groups excluding carboxylic acids is 1. The van der Waals surface area contributed by atoms with E-state index in [4.69, 9.17) is 16.3 Å².